The van der Waals surface area contributed by atoms with E-state index in [0.29, 0.717) is 0 Å². The average molecular weight is 492 g/mol. The summed E-state index contributed by atoms with van der Waals surface area (Å²) in [6.07, 6.45) is 3.60. The standard InChI is InChI=1S/C7H7F.C7H8.C6H7N.2C5H6S/c1-6-3-2-4-7(8)5-6;1-7-5-3-2-4-6-7;1-6-3-2-4-7-5-6;1-5-2-3-6-4-5;1-5-3-2-4-6-5/h2-5H,1H3;2-6H,1H3;2-5H,1H3;2*2-4H,1H3. The van der Waals surface area contributed by atoms with E-state index in [2.05, 4.69) is 72.2 Å². The van der Waals surface area contributed by atoms with Gasteiger partial charge in [-0.2, -0.15) is 11.3 Å². The van der Waals surface area contributed by atoms with E-state index in [9.17, 15) is 4.39 Å². The lowest BCUT2D eigenvalue weighted by Gasteiger charge is -1.87. The van der Waals surface area contributed by atoms with E-state index in [1.807, 2.05) is 56.4 Å². The number of thiophene rings is 2. The maximum Gasteiger partial charge on any atom is 0.123 e. The highest BCUT2D eigenvalue weighted by Gasteiger charge is 1.84. The van der Waals surface area contributed by atoms with Crippen molar-refractivity contribution in [2.75, 3.05) is 0 Å². The van der Waals surface area contributed by atoms with Gasteiger partial charge >= 0.3 is 0 Å². The van der Waals surface area contributed by atoms with Gasteiger partial charge < -0.3 is 0 Å². The predicted molar refractivity (Wildman–Crippen MR) is 149 cm³/mol. The first-order valence-corrected chi connectivity index (χ1v) is 12.8. The number of pyridine rings is 1. The highest BCUT2D eigenvalue weighted by atomic mass is 32.1. The van der Waals surface area contributed by atoms with Crippen LogP contribution in [-0.2, 0) is 0 Å². The number of halogens is 1. The molecule has 0 aliphatic carbocycles. The Morgan fingerprint density at radius 1 is 0.618 bits per heavy atom. The maximum atomic E-state index is 12.2. The Kier molecular flexibility index (Phi) is 15.6. The molecule has 2 aromatic carbocycles. The van der Waals surface area contributed by atoms with Gasteiger partial charge in [0.15, 0.2) is 0 Å². The molecule has 3 heterocycles. The third-order valence-corrected chi connectivity index (χ3v) is 5.66. The number of aryl methyl sites for hydroxylation is 5. The zero-order valence-corrected chi connectivity index (χ0v) is 22.2. The van der Waals surface area contributed by atoms with Crippen molar-refractivity contribution in [2.45, 2.75) is 34.6 Å². The zero-order valence-electron chi connectivity index (χ0n) is 20.6. The maximum absolute atomic E-state index is 12.2. The van der Waals surface area contributed by atoms with Crippen LogP contribution in [0.2, 0.25) is 0 Å². The zero-order chi connectivity index (χ0) is 25.0. The molecule has 5 aromatic rings. The molecule has 0 amide bonds. The largest absolute Gasteiger partial charge is 0.264 e. The van der Waals surface area contributed by atoms with Crippen molar-refractivity contribution in [3.63, 3.8) is 0 Å². The van der Waals surface area contributed by atoms with Crippen LogP contribution in [0.4, 0.5) is 4.39 Å². The van der Waals surface area contributed by atoms with Crippen molar-refractivity contribution < 1.29 is 4.39 Å². The minimum Gasteiger partial charge on any atom is -0.264 e. The molecule has 0 spiro atoms. The van der Waals surface area contributed by atoms with Crippen LogP contribution in [0.1, 0.15) is 27.1 Å². The molecule has 0 radical (unpaired) electrons. The number of hydrogen-bond acceptors (Lipinski definition) is 3. The molecular formula is C30H34FNS2. The monoisotopic (exact) mass is 491 g/mol. The number of benzene rings is 2. The second-order valence-electron chi connectivity index (χ2n) is 7.51. The molecule has 0 N–H and O–H groups in total. The summed E-state index contributed by atoms with van der Waals surface area (Å²) < 4.78 is 12.2. The average Bonchev–Trinajstić information content (AvgIpc) is 3.50. The number of nitrogens with zero attached hydrogens (tertiary/aromatic N) is 1. The van der Waals surface area contributed by atoms with E-state index >= 15 is 0 Å². The minimum atomic E-state index is -0.162. The lowest BCUT2D eigenvalue weighted by molar-refractivity contribution is 0.626. The summed E-state index contributed by atoms with van der Waals surface area (Å²) in [7, 11) is 0. The molecule has 0 bridgehead atoms. The van der Waals surface area contributed by atoms with E-state index < -0.39 is 0 Å². The summed E-state index contributed by atoms with van der Waals surface area (Å²) in [4.78, 5) is 5.27. The minimum absolute atomic E-state index is 0.162. The van der Waals surface area contributed by atoms with E-state index in [0.717, 1.165) is 5.56 Å². The van der Waals surface area contributed by atoms with Crippen LogP contribution in [0, 0.1) is 40.4 Å². The van der Waals surface area contributed by atoms with Gasteiger partial charge in [0.2, 0.25) is 0 Å². The molecule has 0 aliphatic rings. The molecule has 3 aromatic heterocycles. The number of aromatic nitrogens is 1. The summed E-state index contributed by atoms with van der Waals surface area (Å²) in [5.41, 5.74) is 4.86. The molecule has 1 nitrogen and oxygen atoms in total. The van der Waals surface area contributed by atoms with Crippen molar-refractivity contribution in [1.82, 2.24) is 4.98 Å². The Morgan fingerprint density at radius 2 is 1.32 bits per heavy atom. The Labute approximate surface area is 212 Å². The topological polar surface area (TPSA) is 12.9 Å². The Bertz CT molecular complexity index is 1000. The molecule has 34 heavy (non-hydrogen) atoms. The van der Waals surface area contributed by atoms with Gasteiger partial charge in [-0.25, -0.2) is 4.39 Å². The summed E-state index contributed by atoms with van der Waals surface area (Å²) >= 11 is 3.52. The summed E-state index contributed by atoms with van der Waals surface area (Å²) in [5, 5.41) is 6.28. The highest BCUT2D eigenvalue weighted by molar-refractivity contribution is 7.09. The van der Waals surface area contributed by atoms with Gasteiger partial charge in [-0.05, 0) is 97.8 Å². The first-order valence-electron chi connectivity index (χ1n) is 11.0. The summed E-state index contributed by atoms with van der Waals surface area (Å²) in [6, 6.07) is 27.0. The van der Waals surface area contributed by atoms with Gasteiger partial charge in [0.25, 0.3) is 0 Å². The van der Waals surface area contributed by atoms with Crippen LogP contribution in [0.5, 0.6) is 0 Å². The van der Waals surface area contributed by atoms with E-state index in [4.69, 9.17) is 0 Å². The van der Waals surface area contributed by atoms with Crippen LogP contribution >= 0.6 is 22.7 Å². The summed E-state index contributed by atoms with van der Waals surface area (Å²) in [6.45, 7) is 10.2. The second kappa shape index (κ2) is 18.4. The lowest BCUT2D eigenvalue weighted by Crippen LogP contribution is -1.72. The third kappa shape index (κ3) is 16.5. The molecule has 0 unspecified atom stereocenters. The van der Waals surface area contributed by atoms with Crippen molar-refractivity contribution in [3.05, 3.63) is 146 Å². The molecular weight excluding hydrogens is 457 g/mol. The second-order valence-corrected chi connectivity index (χ2v) is 9.44. The van der Waals surface area contributed by atoms with Gasteiger partial charge in [0, 0.05) is 17.3 Å². The lowest BCUT2D eigenvalue weighted by atomic mass is 10.2. The molecule has 4 heteroatoms. The van der Waals surface area contributed by atoms with Crippen LogP contribution in [-0.4, -0.2) is 4.98 Å². The fourth-order valence-corrected chi connectivity index (χ4v) is 3.48. The van der Waals surface area contributed by atoms with E-state index in [1.165, 1.54) is 33.7 Å². The molecule has 0 saturated heterocycles. The molecule has 0 fully saturated rings. The highest BCUT2D eigenvalue weighted by Crippen LogP contribution is 2.04. The van der Waals surface area contributed by atoms with Gasteiger partial charge in [-0.3, -0.25) is 4.98 Å². The van der Waals surface area contributed by atoms with Crippen LogP contribution in [0.25, 0.3) is 0 Å². The first kappa shape index (κ1) is 29.0. The quantitative estimate of drug-likeness (QED) is 0.210. The van der Waals surface area contributed by atoms with Gasteiger partial charge in [-0.1, -0.05) is 60.2 Å². The summed E-state index contributed by atoms with van der Waals surface area (Å²) in [5.74, 6) is -0.162. The van der Waals surface area contributed by atoms with Crippen molar-refractivity contribution in [3.8, 4) is 0 Å². The normalized spacial score (nSPS) is 8.88. The number of hydrogen-bond donors (Lipinski definition) is 0. The molecule has 0 saturated carbocycles. The molecule has 5 rings (SSSR count). The van der Waals surface area contributed by atoms with E-state index in [-0.39, 0.29) is 5.82 Å². The van der Waals surface area contributed by atoms with Crippen LogP contribution in [0.15, 0.2) is 113 Å². The third-order valence-electron chi connectivity index (χ3n) is 4.06. The number of rotatable bonds is 0. The van der Waals surface area contributed by atoms with Crippen LogP contribution < -0.4 is 0 Å². The Morgan fingerprint density at radius 3 is 1.59 bits per heavy atom. The van der Waals surface area contributed by atoms with Gasteiger partial charge in [-0.15, -0.1) is 11.3 Å². The van der Waals surface area contributed by atoms with Crippen molar-refractivity contribution in [1.29, 1.82) is 0 Å². The molecule has 0 aliphatic heterocycles. The Balaban J connectivity index is 0.000000213. The molecule has 0 atom stereocenters. The van der Waals surface area contributed by atoms with Crippen LogP contribution in [0.3, 0.4) is 0 Å². The smallest absolute Gasteiger partial charge is 0.123 e. The fourth-order valence-electron chi connectivity index (χ4n) is 2.28. The van der Waals surface area contributed by atoms with E-state index in [1.54, 1.807) is 34.9 Å². The van der Waals surface area contributed by atoms with Crippen molar-refractivity contribution in [2.24, 2.45) is 0 Å². The fraction of sp³-hybridized carbons (Fsp3) is 0.167. The van der Waals surface area contributed by atoms with Crippen molar-refractivity contribution >= 4 is 22.7 Å². The predicted octanol–water partition coefficient (Wildman–Crippen LogP) is 9.63. The Hall–Kier alpha value is -3.08. The van der Waals surface area contributed by atoms with Gasteiger partial charge in [0.05, 0.1) is 0 Å². The SMILES string of the molecule is Cc1cccc(F)c1.Cc1ccccc1.Cc1cccnc1.Cc1cccs1.Cc1ccsc1. The first-order chi connectivity index (χ1) is 16.4. The van der Waals surface area contributed by atoms with Gasteiger partial charge in [0.1, 0.15) is 5.82 Å². The molecule has 178 valence electrons.